The van der Waals surface area contributed by atoms with E-state index >= 15 is 0 Å². The van der Waals surface area contributed by atoms with Crippen molar-refractivity contribution < 1.29 is 19.9 Å². The fourth-order valence-corrected chi connectivity index (χ4v) is 0.809. The van der Waals surface area contributed by atoms with Crippen LogP contribution in [0.4, 0.5) is 5.69 Å². The Labute approximate surface area is 121 Å². The zero-order valence-corrected chi connectivity index (χ0v) is 6.30. The van der Waals surface area contributed by atoms with Crippen molar-refractivity contribution in [2.24, 2.45) is 0 Å². The van der Waals surface area contributed by atoms with E-state index in [1.54, 1.807) is 0 Å². The van der Waals surface area contributed by atoms with E-state index in [0.29, 0.717) is 0 Å². The number of phenols is 1. The van der Waals surface area contributed by atoms with Crippen LogP contribution < -0.4 is 0 Å². The van der Waals surface area contributed by atoms with Crippen molar-refractivity contribution in [3.05, 3.63) is 33.9 Å². The molecule has 0 saturated heterocycles. The summed E-state index contributed by atoms with van der Waals surface area (Å²) >= 11 is 0. The Morgan fingerprint density at radius 1 is 1.43 bits per heavy atom. The molecule has 0 aromatic heterocycles. The van der Waals surface area contributed by atoms with E-state index in [0.717, 1.165) is 18.2 Å². The zero-order chi connectivity index (χ0) is 10.0. The van der Waals surface area contributed by atoms with Gasteiger partial charge in [-0.3, -0.25) is 10.1 Å². The molecule has 0 atom stereocenters. The molecule has 0 unspecified atom stereocenters. The number of rotatable bonds is 2. The summed E-state index contributed by atoms with van der Waals surface area (Å²) in [6, 6.07) is 2.81. The number of carbonyl (C=O) groups is 1. The third-order valence-corrected chi connectivity index (χ3v) is 1.42. The first-order chi connectivity index (χ1) is 6.02. The molecule has 1 rings (SSSR count). The molecule has 1 aromatic rings. The first-order valence-electron chi connectivity index (χ1n) is 3.23. The summed E-state index contributed by atoms with van der Waals surface area (Å²) in [4.78, 5) is 19.9. The minimum atomic E-state index is -1.40. The van der Waals surface area contributed by atoms with E-state index in [-0.39, 0.29) is 57.1 Å². The van der Waals surface area contributed by atoms with Gasteiger partial charge >= 0.3 is 57.4 Å². The number of benzene rings is 1. The summed E-state index contributed by atoms with van der Waals surface area (Å²) in [6.45, 7) is 0. The van der Waals surface area contributed by atoms with Gasteiger partial charge in [-0.15, -0.1) is 0 Å². The van der Waals surface area contributed by atoms with Gasteiger partial charge in [-0.2, -0.15) is 0 Å². The SMILES string of the molecule is O=C(O)c1cc([N+](=O)[O-])ccc1O.[KH]. The van der Waals surface area contributed by atoms with E-state index in [1.807, 2.05) is 0 Å². The Hall–Kier alpha value is -0.474. The van der Waals surface area contributed by atoms with Crippen molar-refractivity contribution in [2.75, 3.05) is 0 Å². The zero-order valence-electron chi connectivity index (χ0n) is 6.30. The Balaban J connectivity index is 0.00000169. The molecule has 0 amide bonds. The number of non-ortho nitro benzene ring substituents is 1. The summed E-state index contributed by atoms with van der Waals surface area (Å²) in [6.07, 6.45) is 0. The van der Waals surface area contributed by atoms with Gasteiger partial charge in [-0.05, 0) is 6.07 Å². The van der Waals surface area contributed by atoms with Crippen LogP contribution in [0.2, 0.25) is 0 Å². The number of carboxylic acids is 1. The van der Waals surface area contributed by atoms with Crippen LogP contribution >= 0.6 is 0 Å². The molecule has 0 aliphatic rings. The molecule has 0 saturated carbocycles. The molecule has 1 aromatic carbocycles. The third kappa shape index (κ3) is 3.03. The molecule has 0 heterocycles. The van der Waals surface area contributed by atoms with Gasteiger partial charge < -0.3 is 10.2 Å². The molecule has 2 N–H and O–H groups in total. The number of nitro benzene ring substituents is 1. The normalized spacial score (nSPS) is 8.86. The predicted molar refractivity (Wildman–Crippen MR) is 48.9 cm³/mol. The molecule has 0 radical (unpaired) electrons. The Morgan fingerprint density at radius 2 is 2.00 bits per heavy atom. The van der Waals surface area contributed by atoms with Crippen LogP contribution in [0.1, 0.15) is 10.4 Å². The van der Waals surface area contributed by atoms with Crippen LogP contribution in [0.3, 0.4) is 0 Å². The molecule has 70 valence electrons. The first kappa shape index (κ1) is 13.5. The molecule has 0 aliphatic heterocycles. The number of nitrogens with zero attached hydrogens (tertiary/aromatic N) is 1. The molecular weight excluding hydrogens is 217 g/mol. The summed E-state index contributed by atoms with van der Waals surface area (Å²) in [5.74, 6) is -1.89. The Kier molecular flexibility index (Phi) is 5.23. The quantitative estimate of drug-likeness (QED) is 0.428. The van der Waals surface area contributed by atoms with Gasteiger partial charge in [0.15, 0.2) is 0 Å². The van der Waals surface area contributed by atoms with Gasteiger partial charge in [0, 0.05) is 12.1 Å². The van der Waals surface area contributed by atoms with Gasteiger partial charge in [0.2, 0.25) is 0 Å². The van der Waals surface area contributed by atoms with Crippen molar-refractivity contribution in [3.63, 3.8) is 0 Å². The van der Waals surface area contributed by atoms with Gasteiger partial charge in [0.25, 0.3) is 5.69 Å². The number of hydrogen-bond donors (Lipinski definition) is 2. The fraction of sp³-hybridized carbons (Fsp3) is 0. The number of hydrogen-bond acceptors (Lipinski definition) is 4. The molecular formula is C7H6KNO5. The van der Waals surface area contributed by atoms with Crippen LogP contribution in [0, 0.1) is 10.1 Å². The first-order valence-corrected chi connectivity index (χ1v) is 3.23. The number of carboxylic acid groups (broad SMARTS) is 1. The standard InChI is InChI=1S/C7H5NO5.K.H/c9-6-2-1-4(8(12)13)3-5(6)7(10)11;;/h1-3,9H,(H,10,11);;. The summed E-state index contributed by atoms with van der Waals surface area (Å²) in [5.41, 5.74) is -0.843. The molecule has 6 nitrogen and oxygen atoms in total. The van der Waals surface area contributed by atoms with Gasteiger partial charge in [-0.25, -0.2) is 4.79 Å². The van der Waals surface area contributed by atoms with Crippen molar-refractivity contribution in [3.8, 4) is 5.75 Å². The fourth-order valence-electron chi connectivity index (χ4n) is 0.809. The van der Waals surface area contributed by atoms with Crippen molar-refractivity contribution in [2.45, 2.75) is 0 Å². The van der Waals surface area contributed by atoms with Crippen molar-refractivity contribution in [1.82, 2.24) is 0 Å². The maximum atomic E-state index is 10.4. The topological polar surface area (TPSA) is 101 Å². The van der Waals surface area contributed by atoms with Gasteiger partial charge in [-0.1, -0.05) is 0 Å². The Bertz CT molecular complexity index is 378. The van der Waals surface area contributed by atoms with Crippen LogP contribution in [0.5, 0.6) is 5.75 Å². The van der Waals surface area contributed by atoms with Crippen LogP contribution in [-0.4, -0.2) is 72.5 Å². The molecule has 0 aliphatic carbocycles. The number of aromatic carboxylic acids is 1. The number of aromatic hydroxyl groups is 1. The van der Waals surface area contributed by atoms with E-state index in [2.05, 4.69) is 0 Å². The Morgan fingerprint density at radius 3 is 2.43 bits per heavy atom. The van der Waals surface area contributed by atoms with E-state index in [1.165, 1.54) is 0 Å². The molecule has 0 fully saturated rings. The second kappa shape index (κ2) is 5.42. The molecule has 7 heteroatoms. The van der Waals surface area contributed by atoms with E-state index < -0.39 is 22.2 Å². The summed E-state index contributed by atoms with van der Waals surface area (Å²) in [7, 11) is 0. The van der Waals surface area contributed by atoms with Crippen molar-refractivity contribution >= 4 is 63.0 Å². The maximum absolute atomic E-state index is 10.4. The molecule has 0 spiro atoms. The monoisotopic (exact) mass is 223 g/mol. The van der Waals surface area contributed by atoms with Crippen LogP contribution in [0.25, 0.3) is 0 Å². The summed E-state index contributed by atoms with van der Waals surface area (Å²) < 4.78 is 0. The molecule has 14 heavy (non-hydrogen) atoms. The van der Waals surface area contributed by atoms with Crippen molar-refractivity contribution in [1.29, 1.82) is 0 Å². The summed E-state index contributed by atoms with van der Waals surface area (Å²) in [5, 5.41) is 27.7. The average Bonchev–Trinajstić information content (AvgIpc) is 2.04. The second-order valence-corrected chi connectivity index (χ2v) is 2.26. The van der Waals surface area contributed by atoms with E-state index in [9.17, 15) is 14.9 Å². The van der Waals surface area contributed by atoms with Gasteiger partial charge in [0.05, 0.1) is 4.92 Å². The van der Waals surface area contributed by atoms with E-state index in [4.69, 9.17) is 10.2 Å². The molecule has 0 bridgehead atoms. The second-order valence-electron chi connectivity index (χ2n) is 2.26. The third-order valence-electron chi connectivity index (χ3n) is 1.42. The van der Waals surface area contributed by atoms with Crippen LogP contribution in [-0.2, 0) is 0 Å². The number of nitro groups is 1. The minimum absolute atomic E-state index is 0. The van der Waals surface area contributed by atoms with Crippen LogP contribution in [0.15, 0.2) is 18.2 Å². The predicted octanol–water partition coefficient (Wildman–Crippen LogP) is 0.350. The van der Waals surface area contributed by atoms with Gasteiger partial charge in [0.1, 0.15) is 11.3 Å². The average molecular weight is 223 g/mol.